The SMILES string of the molecule is Cc1cc(C(=O)N(C)C2CNC2)co1. The van der Waals surface area contributed by atoms with Gasteiger partial charge in [0.2, 0.25) is 0 Å². The summed E-state index contributed by atoms with van der Waals surface area (Å²) in [6.45, 7) is 3.61. The van der Waals surface area contributed by atoms with Gasteiger partial charge in [-0.3, -0.25) is 4.79 Å². The molecule has 0 aromatic carbocycles. The molecule has 4 heteroatoms. The fourth-order valence-electron chi connectivity index (χ4n) is 1.47. The van der Waals surface area contributed by atoms with Crippen LogP contribution in [0.1, 0.15) is 16.1 Å². The molecule has 14 heavy (non-hydrogen) atoms. The van der Waals surface area contributed by atoms with Gasteiger partial charge in [-0.1, -0.05) is 0 Å². The zero-order valence-corrected chi connectivity index (χ0v) is 8.41. The van der Waals surface area contributed by atoms with Crippen molar-refractivity contribution in [3.8, 4) is 0 Å². The molecule has 1 amide bonds. The minimum absolute atomic E-state index is 0.0355. The van der Waals surface area contributed by atoms with Crippen LogP contribution in [0.4, 0.5) is 0 Å². The number of nitrogens with zero attached hydrogens (tertiary/aromatic N) is 1. The van der Waals surface area contributed by atoms with E-state index in [1.165, 1.54) is 6.26 Å². The number of furan rings is 1. The first kappa shape index (κ1) is 9.27. The largest absolute Gasteiger partial charge is 0.469 e. The van der Waals surface area contributed by atoms with E-state index in [4.69, 9.17) is 4.42 Å². The highest BCUT2D eigenvalue weighted by molar-refractivity contribution is 5.94. The predicted octanol–water partition coefficient (Wildman–Crippen LogP) is 0.632. The summed E-state index contributed by atoms with van der Waals surface area (Å²) >= 11 is 0. The van der Waals surface area contributed by atoms with Gasteiger partial charge >= 0.3 is 0 Å². The molecule has 2 heterocycles. The van der Waals surface area contributed by atoms with Gasteiger partial charge in [-0.25, -0.2) is 0 Å². The molecule has 1 N–H and O–H groups in total. The van der Waals surface area contributed by atoms with Crippen molar-refractivity contribution in [2.45, 2.75) is 13.0 Å². The smallest absolute Gasteiger partial charge is 0.257 e. The second-order valence-electron chi connectivity index (χ2n) is 3.67. The fraction of sp³-hybridized carbons (Fsp3) is 0.500. The average Bonchev–Trinajstić information content (AvgIpc) is 2.47. The van der Waals surface area contributed by atoms with Crippen LogP contribution >= 0.6 is 0 Å². The molecule has 1 fully saturated rings. The van der Waals surface area contributed by atoms with Gasteiger partial charge in [-0.15, -0.1) is 0 Å². The highest BCUT2D eigenvalue weighted by Crippen LogP contribution is 2.12. The van der Waals surface area contributed by atoms with Gasteiger partial charge in [-0.05, 0) is 13.0 Å². The van der Waals surface area contributed by atoms with E-state index in [1.807, 2.05) is 14.0 Å². The molecule has 1 aromatic heterocycles. The van der Waals surface area contributed by atoms with Crippen molar-refractivity contribution in [2.24, 2.45) is 0 Å². The van der Waals surface area contributed by atoms with Crippen molar-refractivity contribution < 1.29 is 9.21 Å². The lowest BCUT2D eigenvalue weighted by molar-refractivity contribution is 0.0680. The molecule has 76 valence electrons. The average molecular weight is 194 g/mol. The summed E-state index contributed by atoms with van der Waals surface area (Å²) < 4.78 is 5.10. The van der Waals surface area contributed by atoms with Gasteiger partial charge in [0.15, 0.2) is 0 Å². The van der Waals surface area contributed by atoms with Gasteiger partial charge < -0.3 is 14.6 Å². The molecule has 0 aliphatic carbocycles. The monoisotopic (exact) mass is 194 g/mol. The van der Waals surface area contributed by atoms with Gasteiger partial charge in [-0.2, -0.15) is 0 Å². The van der Waals surface area contributed by atoms with Gasteiger partial charge in [0.25, 0.3) is 5.91 Å². The Hall–Kier alpha value is -1.29. The van der Waals surface area contributed by atoms with Crippen LogP contribution in [0.2, 0.25) is 0 Å². The molecule has 0 saturated carbocycles. The van der Waals surface area contributed by atoms with Crippen LogP contribution in [-0.2, 0) is 0 Å². The van der Waals surface area contributed by atoms with Crippen molar-refractivity contribution >= 4 is 5.91 Å². The van der Waals surface area contributed by atoms with Crippen LogP contribution in [0.3, 0.4) is 0 Å². The zero-order chi connectivity index (χ0) is 10.1. The summed E-state index contributed by atoms with van der Waals surface area (Å²) in [5, 5.41) is 3.14. The normalized spacial score (nSPS) is 16.4. The molecule has 0 atom stereocenters. The quantitative estimate of drug-likeness (QED) is 0.751. The van der Waals surface area contributed by atoms with Crippen molar-refractivity contribution in [3.05, 3.63) is 23.7 Å². The maximum atomic E-state index is 11.8. The lowest BCUT2D eigenvalue weighted by atomic mass is 10.1. The lowest BCUT2D eigenvalue weighted by Gasteiger charge is -2.35. The van der Waals surface area contributed by atoms with Crippen molar-refractivity contribution in [1.82, 2.24) is 10.2 Å². The third-order valence-electron chi connectivity index (χ3n) is 2.61. The minimum Gasteiger partial charge on any atom is -0.469 e. The topological polar surface area (TPSA) is 45.5 Å². The Morgan fingerprint density at radius 3 is 2.79 bits per heavy atom. The third-order valence-corrected chi connectivity index (χ3v) is 2.61. The summed E-state index contributed by atoms with van der Waals surface area (Å²) in [6.07, 6.45) is 1.51. The van der Waals surface area contributed by atoms with Crippen LogP contribution < -0.4 is 5.32 Å². The minimum atomic E-state index is 0.0355. The van der Waals surface area contributed by atoms with E-state index in [2.05, 4.69) is 5.32 Å². The van der Waals surface area contributed by atoms with Crippen molar-refractivity contribution in [2.75, 3.05) is 20.1 Å². The molecule has 1 aromatic rings. The summed E-state index contributed by atoms with van der Waals surface area (Å²) in [5.74, 6) is 0.807. The number of carbonyl (C=O) groups is 1. The van der Waals surface area contributed by atoms with Crippen LogP contribution in [0.15, 0.2) is 16.7 Å². The fourth-order valence-corrected chi connectivity index (χ4v) is 1.47. The van der Waals surface area contributed by atoms with E-state index >= 15 is 0 Å². The van der Waals surface area contributed by atoms with Crippen LogP contribution in [-0.4, -0.2) is 37.0 Å². The molecule has 0 unspecified atom stereocenters. The second kappa shape index (κ2) is 3.46. The van der Waals surface area contributed by atoms with Gasteiger partial charge in [0.05, 0.1) is 11.6 Å². The Balaban J connectivity index is 2.07. The van der Waals surface area contributed by atoms with E-state index in [1.54, 1.807) is 11.0 Å². The molecule has 0 bridgehead atoms. The number of aryl methyl sites for hydroxylation is 1. The molecule has 4 nitrogen and oxygen atoms in total. The Kier molecular flexibility index (Phi) is 2.29. The first-order valence-corrected chi connectivity index (χ1v) is 4.71. The molecule has 1 saturated heterocycles. The van der Waals surface area contributed by atoms with Gasteiger partial charge in [0, 0.05) is 20.1 Å². The second-order valence-corrected chi connectivity index (χ2v) is 3.67. The summed E-state index contributed by atoms with van der Waals surface area (Å²) in [4.78, 5) is 13.6. The highest BCUT2D eigenvalue weighted by atomic mass is 16.3. The maximum Gasteiger partial charge on any atom is 0.257 e. The Morgan fingerprint density at radius 1 is 1.64 bits per heavy atom. The lowest BCUT2D eigenvalue weighted by Crippen LogP contribution is -2.57. The standard InChI is InChI=1S/C10H14N2O2/c1-7-3-8(6-14-7)10(13)12(2)9-4-11-5-9/h3,6,9,11H,4-5H2,1-2H3. The molecular weight excluding hydrogens is 180 g/mol. The van der Waals surface area contributed by atoms with E-state index in [-0.39, 0.29) is 5.91 Å². The Bertz CT molecular complexity index is 342. The first-order chi connectivity index (χ1) is 6.68. The first-order valence-electron chi connectivity index (χ1n) is 4.71. The number of rotatable bonds is 2. The molecule has 2 rings (SSSR count). The maximum absolute atomic E-state index is 11.8. The highest BCUT2D eigenvalue weighted by Gasteiger charge is 2.26. The number of carbonyl (C=O) groups excluding carboxylic acids is 1. The van der Waals surface area contributed by atoms with Crippen LogP contribution in [0.5, 0.6) is 0 Å². The van der Waals surface area contributed by atoms with E-state index in [9.17, 15) is 4.79 Å². The van der Waals surface area contributed by atoms with Crippen LogP contribution in [0, 0.1) is 6.92 Å². The molecule has 0 spiro atoms. The van der Waals surface area contributed by atoms with Crippen LogP contribution in [0.25, 0.3) is 0 Å². The predicted molar refractivity (Wildman–Crippen MR) is 52.2 cm³/mol. The summed E-state index contributed by atoms with van der Waals surface area (Å²) in [6, 6.07) is 2.10. The zero-order valence-electron chi connectivity index (χ0n) is 8.41. The van der Waals surface area contributed by atoms with E-state index in [0.717, 1.165) is 18.8 Å². The molecule has 1 aliphatic heterocycles. The molecule has 1 aliphatic rings. The van der Waals surface area contributed by atoms with E-state index in [0.29, 0.717) is 11.6 Å². The summed E-state index contributed by atoms with van der Waals surface area (Å²) in [7, 11) is 1.83. The Morgan fingerprint density at radius 2 is 2.36 bits per heavy atom. The summed E-state index contributed by atoms with van der Waals surface area (Å²) in [5.41, 5.74) is 0.636. The van der Waals surface area contributed by atoms with Crippen molar-refractivity contribution in [3.63, 3.8) is 0 Å². The Labute approximate surface area is 82.9 Å². The number of amides is 1. The number of hydrogen-bond acceptors (Lipinski definition) is 3. The number of nitrogens with one attached hydrogen (secondary N) is 1. The van der Waals surface area contributed by atoms with E-state index < -0.39 is 0 Å². The van der Waals surface area contributed by atoms with Crippen molar-refractivity contribution in [1.29, 1.82) is 0 Å². The molecular formula is C10H14N2O2. The number of likely N-dealkylation sites (N-methyl/N-ethyl adjacent to an activating group) is 1. The number of hydrogen-bond donors (Lipinski definition) is 1. The third kappa shape index (κ3) is 1.53. The molecule has 0 radical (unpaired) electrons. The van der Waals surface area contributed by atoms with Gasteiger partial charge in [0.1, 0.15) is 12.0 Å².